The maximum absolute atomic E-state index is 2.32. The molecule has 0 aliphatic rings. The molecule has 0 aliphatic heterocycles. The average molecular weight is 206 g/mol. The third-order valence-electron chi connectivity index (χ3n) is 2.32. The number of allylic oxidation sites excluding steroid dienone is 6. The quantitative estimate of drug-likeness (QED) is 0.424. The summed E-state index contributed by atoms with van der Waals surface area (Å²) < 4.78 is 0. The monoisotopic (exact) mass is 206 g/mol. The van der Waals surface area contributed by atoms with Gasteiger partial charge in [-0.1, -0.05) is 49.3 Å². The molecule has 0 rings (SSSR count). The first-order valence-corrected chi connectivity index (χ1v) is 5.79. The predicted molar refractivity (Wildman–Crippen MR) is 71.0 cm³/mol. The van der Waals surface area contributed by atoms with Gasteiger partial charge < -0.3 is 0 Å². The molecule has 0 saturated heterocycles. The van der Waals surface area contributed by atoms with Gasteiger partial charge in [0.1, 0.15) is 0 Å². The molecule has 0 radical (unpaired) electrons. The van der Waals surface area contributed by atoms with Crippen molar-refractivity contribution in [3.05, 3.63) is 35.5 Å². The van der Waals surface area contributed by atoms with E-state index in [-0.39, 0.29) is 0 Å². The van der Waals surface area contributed by atoms with Crippen LogP contribution in [0, 0.1) is 5.41 Å². The SMILES string of the molecule is CC(C)=C/C=C\C(C)(C)CCC=C(C)C. The summed E-state index contributed by atoms with van der Waals surface area (Å²) in [7, 11) is 0. The summed E-state index contributed by atoms with van der Waals surface area (Å²) in [5.41, 5.74) is 3.07. The Balaban J connectivity index is 4.13. The van der Waals surface area contributed by atoms with Crippen LogP contribution in [0.2, 0.25) is 0 Å². The van der Waals surface area contributed by atoms with Crippen LogP contribution in [0.25, 0.3) is 0 Å². The molecule has 86 valence electrons. The van der Waals surface area contributed by atoms with Crippen molar-refractivity contribution in [2.45, 2.75) is 54.4 Å². The Kier molecular flexibility index (Phi) is 6.31. The maximum atomic E-state index is 2.32. The van der Waals surface area contributed by atoms with Gasteiger partial charge in [-0.05, 0) is 46.0 Å². The second-order valence-corrected chi connectivity index (χ2v) is 5.41. The molecule has 0 unspecified atom stereocenters. The summed E-state index contributed by atoms with van der Waals surface area (Å²) in [5.74, 6) is 0. The molecule has 0 aromatic rings. The Morgan fingerprint density at radius 3 is 2.07 bits per heavy atom. The van der Waals surface area contributed by atoms with E-state index in [4.69, 9.17) is 0 Å². The van der Waals surface area contributed by atoms with Crippen molar-refractivity contribution in [3.8, 4) is 0 Å². The zero-order valence-electron chi connectivity index (χ0n) is 11.2. The van der Waals surface area contributed by atoms with Gasteiger partial charge in [0.2, 0.25) is 0 Å². The van der Waals surface area contributed by atoms with Gasteiger partial charge in [0.05, 0.1) is 0 Å². The van der Waals surface area contributed by atoms with Gasteiger partial charge in [-0.3, -0.25) is 0 Å². The highest BCUT2D eigenvalue weighted by atomic mass is 14.2. The predicted octanol–water partition coefficient (Wildman–Crippen LogP) is 5.28. The van der Waals surface area contributed by atoms with Gasteiger partial charge in [0.15, 0.2) is 0 Å². The molecule has 0 aliphatic carbocycles. The Hall–Kier alpha value is -0.780. The Morgan fingerprint density at radius 1 is 1.00 bits per heavy atom. The van der Waals surface area contributed by atoms with Crippen LogP contribution < -0.4 is 0 Å². The zero-order valence-corrected chi connectivity index (χ0v) is 11.2. The van der Waals surface area contributed by atoms with Crippen LogP contribution in [0.3, 0.4) is 0 Å². The second-order valence-electron chi connectivity index (χ2n) is 5.41. The van der Waals surface area contributed by atoms with Gasteiger partial charge in [-0.2, -0.15) is 0 Å². The first kappa shape index (κ1) is 14.2. The summed E-state index contributed by atoms with van der Waals surface area (Å²) in [6.45, 7) is 13.2. The Bertz CT molecular complexity index is 254. The van der Waals surface area contributed by atoms with Crippen LogP contribution in [0.4, 0.5) is 0 Å². The van der Waals surface area contributed by atoms with E-state index in [0.29, 0.717) is 5.41 Å². The normalized spacial score (nSPS) is 11.6. The van der Waals surface area contributed by atoms with Crippen LogP contribution >= 0.6 is 0 Å². The van der Waals surface area contributed by atoms with Gasteiger partial charge in [0.25, 0.3) is 0 Å². The van der Waals surface area contributed by atoms with Crippen LogP contribution in [-0.2, 0) is 0 Å². The standard InChI is InChI=1S/C15H26/c1-13(2)9-7-11-15(5,6)12-8-10-14(3)4/h7,9-11H,8,12H2,1-6H3/b11-7-. The Labute approximate surface area is 95.8 Å². The molecule has 0 nitrogen and oxygen atoms in total. The summed E-state index contributed by atoms with van der Waals surface area (Å²) >= 11 is 0. The van der Waals surface area contributed by atoms with Crippen molar-refractivity contribution in [1.29, 1.82) is 0 Å². The lowest BCUT2D eigenvalue weighted by atomic mass is 9.87. The summed E-state index contributed by atoms with van der Waals surface area (Å²) in [4.78, 5) is 0. The van der Waals surface area contributed by atoms with E-state index in [1.807, 2.05) is 0 Å². The van der Waals surface area contributed by atoms with Gasteiger partial charge in [0, 0.05) is 0 Å². The highest BCUT2D eigenvalue weighted by molar-refractivity contribution is 5.11. The fraction of sp³-hybridized carbons (Fsp3) is 0.600. The van der Waals surface area contributed by atoms with Crippen molar-refractivity contribution in [3.63, 3.8) is 0 Å². The Morgan fingerprint density at radius 2 is 1.60 bits per heavy atom. The number of rotatable bonds is 5. The lowest BCUT2D eigenvalue weighted by molar-refractivity contribution is 0.442. The number of hydrogen-bond donors (Lipinski definition) is 0. The van der Waals surface area contributed by atoms with Crippen molar-refractivity contribution in [1.82, 2.24) is 0 Å². The van der Waals surface area contributed by atoms with Crippen molar-refractivity contribution < 1.29 is 0 Å². The van der Waals surface area contributed by atoms with Crippen molar-refractivity contribution in [2.75, 3.05) is 0 Å². The van der Waals surface area contributed by atoms with E-state index in [0.717, 1.165) is 0 Å². The molecule has 0 aromatic carbocycles. The zero-order chi connectivity index (χ0) is 11.9. The molecule has 0 bridgehead atoms. The van der Waals surface area contributed by atoms with E-state index >= 15 is 0 Å². The van der Waals surface area contributed by atoms with Crippen LogP contribution in [0.15, 0.2) is 35.5 Å². The van der Waals surface area contributed by atoms with Crippen LogP contribution in [-0.4, -0.2) is 0 Å². The molecule has 0 fully saturated rings. The topological polar surface area (TPSA) is 0 Å². The lowest BCUT2D eigenvalue weighted by Gasteiger charge is -2.18. The maximum Gasteiger partial charge on any atom is -0.0169 e. The molecule has 0 heteroatoms. The van der Waals surface area contributed by atoms with Gasteiger partial charge >= 0.3 is 0 Å². The fourth-order valence-electron chi connectivity index (χ4n) is 1.32. The molecule has 0 aromatic heterocycles. The molecule has 0 N–H and O–H groups in total. The second kappa shape index (κ2) is 6.66. The fourth-order valence-corrected chi connectivity index (χ4v) is 1.32. The summed E-state index contributed by atoms with van der Waals surface area (Å²) in [6.07, 6.45) is 11.4. The summed E-state index contributed by atoms with van der Waals surface area (Å²) in [6, 6.07) is 0. The molecule has 15 heavy (non-hydrogen) atoms. The average Bonchev–Trinajstić information content (AvgIpc) is 2.01. The summed E-state index contributed by atoms with van der Waals surface area (Å²) in [5, 5.41) is 0. The highest BCUT2D eigenvalue weighted by Crippen LogP contribution is 2.24. The number of hydrogen-bond acceptors (Lipinski definition) is 0. The minimum atomic E-state index is 0.303. The highest BCUT2D eigenvalue weighted by Gasteiger charge is 2.11. The van der Waals surface area contributed by atoms with E-state index in [1.54, 1.807) is 0 Å². The van der Waals surface area contributed by atoms with E-state index < -0.39 is 0 Å². The lowest BCUT2D eigenvalue weighted by Crippen LogP contribution is -2.06. The third-order valence-corrected chi connectivity index (χ3v) is 2.32. The van der Waals surface area contributed by atoms with Crippen LogP contribution in [0.5, 0.6) is 0 Å². The van der Waals surface area contributed by atoms with Crippen molar-refractivity contribution >= 4 is 0 Å². The molecule has 0 spiro atoms. The molecule has 0 atom stereocenters. The minimum Gasteiger partial charge on any atom is -0.0859 e. The van der Waals surface area contributed by atoms with E-state index in [2.05, 4.69) is 65.8 Å². The smallest absolute Gasteiger partial charge is 0.0169 e. The molecular weight excluding hydrogens is 180 g/mol. The van der Waals surface area contributed by atoms with E-state index in [1.165, 1.54) is 24.0 Å². The first-order valence-electron chi connectivity index (χ1n) is 5.79. The first-order chi connectivity index (χ1) is 6.83. The molecular formula is C15H26. The molecule has 0 amide bonds. The third kappa shape index (κ3) is 9.52. The molecule has 0 heterocycles. The van der Waals surface area contributed by atoms with E-state index in [9.17, 15) is 0 Å². The van der Waals surface area contributed by atoms with Gasteiger partial charge in [-0.25, -0.2) is 0 Å². The minimum absolute atomic E-state index is 0.303. The van der Waals surface area contributed by atoms with Crippen LogP contribution in [0.1, 0.15) is 54.4 Å². The van der Waals surface area contributed by atoms with Crippen molar-refractivity contribution in [2.24, 2.45) is 5.41 Å². The van der Waals surface area contributed by atoms with Gasteiger partial charge in [-0.15, -0.1) is 0 Å². The molecule has 0 saturated carbocycles. The largest absolute Gasteiger partial charge is 0.0859 e.